The van der Waals surface area contributed by atoms with Crippen LogP contribution in [0.3, 0.4) is 0 Å². The van der Waals surface area contributed by atoms with Crippen molar-refractivity contribution in [2.24, 2.45) is 0 Å². The average molecular weight is 397 g/mol. The largest absolute Gasteiger partial charge is 0.339 e. The minimum Gasteiger partial charge on any atom is -0.339 e. The highest BCUT2D eigenvalue weighted by Gasteiger charge is 2.17. The summed E-state index contributed by atoms with van der Waals surface area (Å²) < 4.78 is 32.0. The van der Waals surface area contributed by atoms with Crippen molar-refractivity contribution in [3.63, 3.8) is 0 Å². The lowest BCUT2D eigenvalue weighted by atomic mass is 10.2. The molecule has 4 rings (SSSR count). The molecule has 0 fully saturated rings. The highest BCUT2D eigenvalue weighted by molar-refractivity contribution is 7.91. The lowest BCUT2D eigenvalue weighted by Crippen LogP contribution is -2.09. The summed E-state index contributed by atoms with van der Waals surface area (Å²) in [6.45, 7) is 4.65. The Kier molecular flexibility index (Phi) is 4.68. The molecule has 0 aliphatic carbocycles. The molecule has 4 aromatic rings. The summed E-state index contributed by atoms with van der Waals surface area (Å²) >= 11 is 0. The van der Waals surface area contributed by atoms with E-state index in [0.29, 0.717) is 10.7 Å². The van der Waals surface area contributed by atoms with Crippen LogP contribution in [0.2, 0.25) is 0 Å². The molecule has 0 bridgehead atoms. The Hall–Kier alpha value is -3.07. The Balaban J connectivity index is 1.51. The summed E-state index contributed by atoms with van der Waals surface area (Å²) in [6, 6.07) is 12.4. The summed E-state index contributed by atoms with van der Waals surface area (Å²) in [4.78, 5) is 4.62. The summed E-state index contributed by atoms with van der Waals surface area (Å²) in [6.07, 6.45) is 0.150. The number of hydrogen-bond donors (Lipinski definition) is 0. The van der Waals surface area contributed by atoms with Gasteiger partial charge < -0.3 is 4.52 Å². The summed E-state index contributed by atoms with van der Waals surface area (Å²) in [5, 5.41) is 12.2. The topological polar surface area (TPSA) is 104 Å². The fourth-order valence-electron chi connectivity index (χ4n) is 2.90. The molecule has 8 nitrogen and oxygen atoms in total. The first-order valence-corrected chi connectivity index (χ1v) is 10.6. The Morgan fingerprint density at radius 3 is 2.64 bits per heavy atom. The van der Waals surface area contributed by atoms with Gasteiger partial charge in [0.2, 0.25) is 11.7 Å². The first-order chi connectivity index (χ1) is 13.5. The predicted octanol–water partition coefficient (Wildman–Crippen LogP) is 2.83. The molecule has 0 saturated carbocycles. The third kappa shape index (κ3) is 3.53. The highest BCUT2D eigenvalue weighted by Crippen LogP contribution is 2.21. The Bertz CT molecular complexity index is 1230. The number of rotatable bonds is 6. The van der Waals surface area contributed by atoms with Crippen LogP contribution >= 0.6 is 0 Å². The lowest BCUT2D eigenvalue weighted by Gasteiger charge is -2.03. The molecule has 0 aliphatic heterocycles. The third-order valence-electron chi connectivity index (χ3n) is 4.50. The van der Waals surface area contributed by atoms with E-state index < -0.39 is 9.84 Å². The lowest BCUT2D eigenvalue weighted by molar-refractivity contribution is 0.382. The maximum atomic E-state index is 12.5. The van der Waals surface area contributed by atoms with Gasteiger partial charge in [-0.3, -0.25) is 0 Å². The van der Waals surface area contributed by atoms with Crippen LogP contribution in [0.1, 0.15) is 18.4 Å². The molecule has 0 unspecified atom stereocenters. The van der Waals surface area contributed by atoms with Crippen molar-refractivity contribution in [3.05, 3.63) is 53.9 Å². The molecule has 0 saturated heterocycles. The molecule has 9 heteroatoms. The molecule has 0 N–H and O–H groups in total. The van der Waals surface area contributed by atoms with Gasteiger partial charge in [0.15, 0.2) is 9.84 Å². The molecule has 0 spiro atoms. The smallest absolute Gasteiger partial charge is 0.227 e. The van der Waals surface area contributed by atoms with E-state index in [1.807, 2.05) is 32.0 Å². The zero-order valence-electron chi connectivity index (χ0n) is 15.5. The van der Waals surface area contributed by atoms with E-state index in [-0.39, 0.29) is 18.1 Å². The van der Waals surface area contributed by atoms with Gasteiger partial charge in [0.05, 0.1) is 16.2 Å². The van der Waals surface area contributed by atoms with Crippen molar-refractivity contribution in [1.29, 1.82) is 0 Å². The molecule has 2 aromatic carbocycles. The minimum atomic E-state index is -3.41. The van der Waals surface area contributed by atoms with E-state index in [0.717, 1.165) is 28.7 Å². The van der Waals surface area contributed by atoms with Crippen molar-refractivity contribution in [2.45, 2.75) is 31.7 Å². The molecular weight excluding hydrogens is 378 g/mol. The van der Waals surface area contributed by atoms with E-state index in [2.05, 4.69) is 20.5 Å². The first kappa shape index (κ1) is 18.3. The van der Waals surface area contributed by atoms with Crippen molar-refractivity contribution in [2.75, 3.05) is 5.75 Å². The summed E-state index contributed by atoms with van der Waals surface area (Å²) in [5.41, 5.74) is 3.43. The second-order valence-corrected chi connectivity index (χ2v) is 8.61. The van der Waals surface area contributed by atoms with Gasteiger partial charge in [0, 0.05) is 18.5 Å². The number of benzene rings is 2. The number of aromatic nitrogens is 5. The molecular formula is C19H19N5O3S. The van der Waals surface area contributed by atoms with E-state index >= 15 is 0 Å². The van der Waals surface area contributed by atoms with Crippen LogP contribution in [0.5, 0.6) is 0 Å². The Morgan fingerprint density at radius 1 is 1.11 bits per heavy atom. The number of fused-ring (bicyclic) bond motifs is 1. The summed E-state index contributed by atoms with van der Waals surface area (Å²) in [7, 11) is -3.41. The third-order valence-corrected chi connectivity index (χ3v) is 6.24. The fourth-order valence-corrected chi connectivity index (χ4v) is 4.13. The van der Waals surface area contributed by atoms with Gasteiger partial charge >= 0.3 is 0 Å². The zero-order valence-corrected chi connectivity index (χ0v) is 16.3. The van der Waals surface area contributed by atoms with Crippen LogP contribution in [0.25, 0.3) is 22.4 Å². The van der Waals surface area contributed by atoms with Crippen molar-refractivity contribution in [1.82, 2.24) is 25.1 Å². The van der Waals surface area contributed by atoms with E-state index in [4.69, 9.17) is 4.52 Å². The van der Waals surface area contributed by atoms with Crippen LogP contribution in [-0.4, -0.2) is 39.3 Å². The van der Waals surface area contributed by atoms with Crippen LogP contribution in [0.15, 0.2) is 51.9 Å². The average Bonchev–Trinajstić information content (AvgIpc) is 3.33. The van der Waals surface area contributed by atoms with Crippen molar-refractivity contribution >= 4 is 20.9 Å². The number of aryl methyl sites for hydroxylation is 3. The predicted molar refractivity (Wildman–Crippen MR) is 103 cm³/mol. The monoisotopic (exact) mass is 397 g/mol. The van der Waals surface area contributed by atoms with Crippen LogP contribution < -0.4 is 0 Å². The molecule has 0 aliphatic rings. The van der Waals surface area contributed by atoms with Gasteiger partial charge in [-0.2, -0.15) is 4.98 Å². The van der Waals surface area contributed by atoms with Crippen LogP contribution in [-0.2, 0) is 22.8 Å². The van der Waals surface area contributed by atoms with E-state index in [9.17, 15) is 8.42 Å². The van der Waals surface area contributed by atoms with Crippen molar-refractivity contribution < 1.29 is 12.9 Å². The van der Waals surface area contributed by atoms with Gasteiger partial charge in [0.25, 0.3) is 0 Å². The van der Waals surface area contributed by atoms with Gasteiger partial charge in [-0.1, -0.05) is 28.1 Å². The quantitative estimate of drug-likeness (QED) is 0.493. The number of nitrogens with zero attached hydrogens (tertiary/aromatic N) is 5. The maximum absolute atomic E-state index is 12.5. The standard InChI is InChI=1S/C19H19N5O3S/c1-3-24-17-9-6-14(12-16(17)21-23-24)19-20-18(27-22-19)10-11-28(25,26)15-7-4-13(2)5-8-15/h4-9,12H,3,10-11H2,1-2H3. The van der Waals surface area contributed by atoms with E-state index in [1.165, 1.54) is 0 Å². The Labute approximate surface area is 162 Å². The van der Waals surface area contributed by atoms with Crippen LogP contribution in [0.4, 0.5) is 0 Å². The van der Waals surface area contributed by atoms with Crippen LogP contribution in [0, 0.1) is 6.92 Å². The second kappa shape index (κ2) is 7.16. The molecule has 144 valence electrons. The molecule has 0 amide bonds. The minimum absolute atomic E-state index is 0.0957. The number of sulfone groups is 1. The molecule has 2 aromatic heterocycles. The second-order valence-electron chi connectivity index (χ2n) is 6.50. The fraction of sp³-hybridized carbons (Fsp3) is 0.263. The van der Waals surface area contributed by atoms with Gasteiger partial charge in [-0.25, -0.2) is 13.1 Å². The molecule has 0 atom stereocenters. The molecule has 28 heavy (non-hydrogen) atoms. The molecule has 0 radical (unpaired) electrons. The van der Waals surface area contributed by atoms with Gasteiger partial charge in [-0.15, -0.1) is 5.10 Å². The normalized spacial score (nSPS) is 11.9. The number of hydrogen-bond acceptors (Lipinski definition) is 7. The van der Waals surface area contributed by atoms with Gasteiger partial charge in [0.1, 0.15) is 5.52 Å². The molecule has 2 heterocycles. The van der Waals surface area contributed by atoms with Gasteiger partial charge in [-0.05, 0) is 44.2 Å². The SMILES string of the molecule is CCn1nnc2cc(-c3noc(CCS(=O)(=O)c4ccc(C)cc4)n3)ccc21. The Morgan fingerprint density at radius 2 is 1.89 bits per heavy atom. The van der Waals surface area contributed by atoms with Crippen molar-refractivity contribution in [3.8, 4) is 11.4 Å². The zero-order chi connectivity index (χ0) is 19.7. The van der Waals surface area contributed by atoms with E-state index in [1.54, 1.807) is 28.9 Å². The first-order valence-electron chi connectivity index (χ1n) is 8.92. The summed E-state index contributed by atoms with van der Waals surface area (Å²) in [5.74, 6) is 0.584. The maximum Gasteiger partial charge on any atom is 0.227 e. The highest BCUT2D eigenvalue weighted by atomic mass is 32.2.